The van der Waals surface area contributed by atoms with Crippen molar-refractivity contribution in [3.63, 3.8) is 0 Å². The Bertz CT molecular complexity index is 813. The van der Waals surface area contributed by atoms with Crippen molar-refractivity contribution in [1.29, 1.82) is 0 Å². The van der Waals surface area contributed by atoms with E-state index in [2.05, 4.69) is 5.32 Å². The number of hydrogen-bond acceptors (Lipinski definition) is 4. The van der Waals surface area contributed by atoms with Gasteiger partial charge in [0.05, 0.1) is 14.1 Å². The van der Waals surface area contributed by atoms with Gasteiger partial charge in [-0.25, -0.2) is 12.7 Å². The van der Waals surface area contributed by atoms with Gasteiger partial charge in [-0.15, -0.1) is 11.3 Å². The second kappa shape index (κ2) is 6.37. The molecule has 2 aromatic rings. The molecule has 0 radical (unpaired) electrons. The first kappa shape index (κ1) is 17.0. The number of amides is 1. The highest BCUT2D eigenvalue weighted by molar-refractivity contribution is 7.89. The molecule has 1 amide bonds. The molecule has 0 fully saturated rings. The van der Waals surface area contributed by atoms with Crippen molar-refractivity contribution >= 4 is 44.6 Å². The van der Waals surface area contributed by atoms with Crippen LogP contribution < -0.4 is 5.32 Å². The van der Waals surface area contributed by atoms with Crippen LogP contribution in [0.4, 0.5) is 5.69 Å². The number of nitrogens with one attached hydrogen (secondary N) is 1. The maximum atomic E-state index is 12.2. The number of halogens is 1. The summed E-state index contributed by atoms with van der Waals surface area (Å²) < 4.78 is 26.0. The van der Waals surface area contributed by atoms with Crippen LogP contribution in [0.1, 0.15) is 15.2 Å². The lowest BCUT2D eigenvalue weighted by Gasteiger charge is -2.14. The summed E-state index contributed by atoms with van der Waals surface area (Å²) in [4.78, 5) is 12.7. The summed E-state index contributed by atoms with van der Waals surface area (Å²) in [5.74, 6) is -0.320. The summed E-state index contributed by atoms with van der Waals surface area (Å²) in [6.45, 7) is 1.79. The first-order valence-corrected chi connectivity index (χ1v) is 8.95. The monoisotopic (exact) mass is 358 g/mol. The Kier molecular flexibility index (Phi) is 4.91. The van der Waals surface area contributed by atoms with Gasteiger partial charge < -0.3 is 5.32 Å². The van der Waals surface area contributed by atoms with Crippen LogP contribution in [0.3, 0.4) is 0 Å². The Morgan fingerprint density at radius 3 is 2.45 bits per heavy atom. The predicted octanol–water partition coefficient (Wildman–Crippen LogP) is 3.21. The summed E-state index contributed by atoms with van der Waals surface area (Å²) in [6.07, 6.45) is 0. The smallest absolute Gasteiger partial charge is 0.265 e. The molecule has 22 heavy (non-hydrogen) atoms. The van der Waals surface area contributed by atoms with Gasteiger partial charge in [0.25, 0.3) is 5.91 Å². The first-order valence-electron chi connectivity index (χ1n) is 6.31. The predicted molar refractivity (Wildman–Crippen MR) is 89.3 cm³/mol. The van der Waals surface area contributed by atoms with Crippen molar-refractivity contribution in [1.82, 2.24) is 4.31 Å². The molecule has 1 aromatic carbocycles. The van der Waals surface area contributed by atoms with Crippen LogP contribution in [0.5, 0.6) is 0 Å². The third kappa shape index (κ3) is 3.49. The molecule has 8 heteroatoms. The van der Waals surface area contributed by atoms with Gasteiger partial charge in [0, 0.05) is 19.8 Å². The second-order valence-corrected chi connectivity index (χ2v) is 8.69. The number of aryl methyl sites for hydroxylation is 1. The van der Waals surface area contributed by atoms with E-state index >= 15 is 0 Å². The molecule has 0 aliphatic heterocycles. The van der Waals surface area contributed by atoms with Gasteiger partial charge in [-0.05, 0) is 36.8 Å². The molecule has 0 bridgehead atoms. The van der Waals surface area contributed by atoms with E-state index in [0.717, 1.165) is 21.2 Å². The van der Waals surface area contributed by atoms with Gasteiger partial charge in [0.2, 0.25) is 10.0 Å². The minimum Gasteiger partial charge on any atom is -0.321 e. The van der Waals surface area contributed by atoms with Crippen LogP contribution in [0.25, 0.3) is 0 Å². The number of rotatable bonds is 4. The Morgan fingerprint density at radius 2 is 1.91 bits per heavy atom. The van der Waals surface area contributed by atoms with Crippen LogP contribution in [-0.4, -0.2) is 32.7 Å². The Labute approximate surface area is 138 Å². The number of thiophene rings is 1. The largest absolute Gasteiger partial charge is 0.321 e. The van der Waals surface area contributed by atoms with Crippen molar-refractivity contribution in [2.75, 3.05) is 19.4 Å². The van der Waals surface area contributed by atoms with Crippen LogP contribution in [0.15, 0.2) is 35.2 Å². The fourth-order valence-corrected chi connectivity index (χ4v) is 3.59. The number of benzene rings is 1. The molecule has 118 valence electrons. The molecule has 1 aromatic heterocycles. The van der Waals surface area contributed by atoms with Gasteiger partial charge in [0.15, 0.2) is 0 Å². The van der Waals surface area contributed by atoms with E-state index in [1.54, 1.807) is 25.1 Å². The highest BCUT2D eigenvalue weighted by Crippen LogP contribution is 2.25. The van der Waals surface area contributed by atoms with E-state index in [1.807, 2.05) is 0 Å². The normalized spacial score (nSPS) is 11.7. The lowest BCUT2D eigenvalue weighted by atomic mass is 10.2. The minimum atomic E-state index is -3.55. The summed E-state index contributed by atoms with van der Waals surface area (Å²) in [6, 6.07) is 7.90. The highest BCUT2D eigenvalue weighted by atomic mass is 35.5. The van der Waals surface area contributed by atoms with Crippen LogP contribution >= 0.6 is 22.9 Å². The van der Waals surface area contributed by atoms with E-state index in [1.165, 1.54) is 26.2 Å². The molecule has 0 aliphatic rings. The second-order valence-electron chi connectivity index (χ2n) is 4.82. The third-order valence-electron chi connectivity index (χ3n) is 3.03. The maximum absolute atomic E-state index is 12.2. The summed E-state index contributed by atoms with van der Waals surface area (Å²) in [5, 5.41) is 2.72. The topological polar surface area (TPSA) is 66.5 Å². The van der Waals surface area contributed by atoms with Gasteiger partial charge in [0.1, 0.15) is 0 Å². The molecule has 0 saturated carbocycles. The Balaban J connectivity index is 2.34. The maximum Gasteiger partial charge on any atom is 0.265 e. The number of nitrogens with zero attached hydrogens (tertiary/aromatic N) is 1. The minimum absolute atomic E-state index is 0.127. The van der Waals surface area contributed by atoms with Gasteiger partial charge in [-0.1, -0.05) is 17.7 Å². The first-order chi connectivity index (χ1) is 10.2. The van der Waals surface area contributed by atoms with Crippen molar-refractivity contribution in [2.24, 2.45) is 0 Å². The average molecular weight is 359 g/mol. The average Bonchev–Trinajstić information content (AvgIpc) is 2.87. The van der Waals surface area contributed by atoms with Crippen molar-refractivity contribution in [3.8, 4) is 0 Å². The van der Waals surface area contributed by atoms with Crippen LogP contribution in [-0.2, 0) is 10.0 Å². The molecular weight excluding hydrogens is 344 g/mol. The van der Waals surface area contributed by atoms with Crippen LogP contribution in [0.2, 0.25) is 4.34 Å². The van der Waals surface area contributed by atoms with Gasteiger partial charge >= 0.3 is 0 Å². The number of sulfonamides is 1. The fraction of sp³-hybridized carbons (Fsp3) is 0.214. The number of hydrogen-bond donors (Lipinski definition) is 1. The van der Waals surface area contributed by atoms with E-state index in [4.69, 9.17) is 11.6 Å². The van der Waals surface area contributed by atoms with Crippen molar-refractivity contribution in [3.05, 3.63) is 45.1 Å². The molecule has 0 aliphatic carbocycles. The summed E-state index contributed by atoms with van der Waals surface area (Å²) >= 11 is 6.97. The molecule has 0 saturated heterocycles. The molecule has 1 N–H and O–H groups in total. The summed E-state index contributed by atoms with van der Waals surface area (Å²) in [5.41, 5.74) is 1.23. The molecule has 1 heterocycles. The SMILES string of the molecule is Cc1ccc(S(=O)(=O)N(C)C)cc1NC(=O)c1ccc(Cl)s1. The van der Waals surface area contributed by atoms with E-state index in [0.29, 0.717) is 14.9 Å². The zero-order chi connectivity index (χ0) is 16.5. The van der Waals surface area contributed by atoms with E-state index in [-0.39, 0.29) is 10.8 Å². The Hall–Kier alpha value is -1.41. The third-order valence-corrected chi connectivity index (χ3v) is 6.07. The molecule has 0 spiro atoms. The number of anilines is 1. The standard InChI is InChI=1S/C14H15ClN2O3S2/c1-9-4-5-10(22(19,20)17(2)3)8-11(9)16-14(18)12-6-7-13(15)21-12/h4-8H,1-3H3,(H,16,18). The van der Waals surface area contributed by atoms with E-state index in [9.17, 15) is 13.2 Å². The lowest BCUT2D eigenvalue weighted by Crippen LogP contribution is -2.22. The molecule has 0 atom stereocenters. The van der Waals surface area contributed by atoms with Gasteiger partial charge in [-0.3, -0.25) is 4.79 Å². The van der Waals surface area contributed by atoms with Crippen molar-refractivity contribution in [2.45, 2.75) is 11.8 Å². The molecular formula is C14H15ClN2O3S2. The fourth-order valence-electron chi connectivity index (χ4n) is 1.73. The molecule has 0 unspecified atom stereocenters. The lowest BCUT2D eigenvalue weighted by molar-refractivity contribution is 0.103. The molecule has 2 rings (SSSR count). The van der Waals surface area contributed by atoms with E-state index < -0.39 is 10.0 Å². The summed E-state index contributed by atoms with van der Waals surface area (Å²) in [7, 11) is -0.630. The van der Waals surface area contributed by atoms with Crippen LogP contribution in [0, 0.1) is 6.92 Å². The Morgan fingerprint density at radius 1 is 1.23 bits per heavy atom. The highest BCUT2D eigenvalue weighted by Gasteiger charge is 2.19. The number of carbonyl (C=O) groups excluding carboxylic acids is 1. The molecule has 5 nitrogen and oxygen atoms in total. The van der Waals surface area contributed by atoms with Crippen molar-refractivity contribution < 1.29 is 13.2 Å². The zero-order valence-corrected chi connectivity index (χ0v) is 14.6. The zero-order valence-electron chi connectivity index (χ0n) is 12.3. The number of carbonyl (C=O) groups is 1. The quantitative estimate of drug-likeness (QED) is 0.912. The van der Waals surface area contributed by atoms with Gasteiger partial charge in [-0.2, -0.15) is 0 Å².